The van der Waals surface area contributed by atoms with Crippen LogP contribution in [0.5, 0.6) is 5.75 Å². The number of hydrogen-bond acceptors (Lipinski definition) is 5. The molecule has 1 saturated carbocycles. The number of piperazine rings is 1. The van der Waals surface area contributed by atoms with E-state index in [1.54, 1.807) is 9.80 Å². The van der Waals surface area contributed by atoms with E-state index in [4.69, 9.17) is 4.74 Å². The Labute approximate surface area is 139 Å². The molecule has 0 radical (unpaired) electrons. The molecule has 1 aliphatic carbocycles. The molecule has 0 spiro atoms. The van der Waals surface area contributed by atoms with Crippen LogP contribution in [0.15, 0.2) is 18.2 Å². The highest BCUT2D eigenvalue weighted by Gasteiger charge is 2.35. The summed E-state index contributed by atoms with van der Waals surface area (Å²) in [7, 11) is 1.35. The van der Waals surface area contributed by atoms with Gasteiger partial charge in [-0.2, -0.15) is 0 Å². The Balaban J connectivity index is 1.67. The molecular formula is C16H19N3O5. The highest BCUT2D eigenvalue weighted by atomic mass is 16.6. The van der Waals surface area contributed by atoms with Crippen LogP contribution in [0.25, 0.3) is 0 Å². The quantitative estimate of drug-likeness (QED) is 0.611. The molecule has 1 aromatic carbocycles. The van der Waals surface area contributed by atoms with Crippen LogP contribution in [0, 0.1) is 16.0 Å². The second-order valence-corrected chi connectivity index (χ2v) is 6.04. The van der Waals surface area contributed by atoms with Crippen molar-refractivity contribution in [2.45, 2.75) is 12.8 Å². The number of amides is 2. The molecule has 1 saturated heterocycles. The summed E-state index contributed by atoms with van der Waals surface area (Å²) >= 11 is 0. The number of carbonyl (C=O) groups excluding carboxylic acids is 2. The van der Waals surface area contributed by atoms with Gasteiger partial charge in [0.25, 0.3) is 5.91 Å². The minimum absolute atomic E-state index is 0.122. The minimum Gasteiger partial charge on any atom is -0.490 e. The summed E-state index contributed by atoms with van der Waals surface area (Å²) in [5, 5.41) is 11.1. The van der Waals surface area contributed by atoms with Crippen molar-refractivity contribution in [3.63, 3.8) is 0 Å². The van der Waals surface area contributed by atoms with Crippen molar-refractivity contribution in [3.8, 4) is 5.75 Å². The molecule has 2 fully saturated rings. The zero-order valence-corrected chi connectivity index (χ0v) is 13.4. The Bertz CT molecular complexity index is 678. The van der Waals surface area contributed by atoms with Crippen molar-refractivity contribution in [2.75, 3.05) is 33.3 Å². The number of hydrogen-bond donors (Lipinski definition) is 0. The number of nitro benzene ring substituents is 1. The molecule has 1 aliphatic heterocycles. The van der Waals surface area contributed by atoms with Gasteiger partial charge in [-0.05, 0) is 25.0 Å². The first-order valence-electron chi connectivity index (χ1n) is 7.91. The van der Waals surface area contributed by atoms with Crippen LogP contribution < -0.4 is 4.74 Å². The molecule has 0 unspecified atom stereocenters. The normalized spacial score (nSPS) is 17.5. The van der Waals surface area contributed by atoms with E-state index in [0.717, 1.165) is 12.8 Å². The fourth-order valence-electron chi connectivity index (χ4n) is 2.87. The van der Waals surface area contributed by atoms with Crippen molar-refractivity contribution in [3.05, 3.63) is 33.9 Å². The molecule has 1 heterocycles. The number of ether oxygens (including phenoxy) is 1. The average molecular weight is 333 g/mol. The second-order valence-electron chi connectivity index (χ2n) is 6.04. The minimum atomic E-state index is -0.568. The summed E-state index contributed by atoms with van der Waals surface area (Å²) < 4.78 is 4.94. The van der Waals surface area contributed by atoms with E-state index in [1.807, 2.05) is 0 Å². The predicted octanol–water partition coefficient (Wildman–Crippen LogP) is 1.30. The summed E-state index contributed by atoms with van der Waals surface area (Å²) in [4.78, 5) is 38.5. The van der Waals surface area contributed by atoms with Crippen molar-refractivity contribution in [2.24, 2.45) is 5.92 Å². The van der Waals surface area contributed by atoms with Gasteiger partial charge in [-0.15, -0.1) is 0 Å². The fourth-order valence-corrected chi connectivity index (χ4v) is 2.87. The average Bonchev–Trinajstić information content (AvgIpc) is 3.45. The standard InChI is InChI=1S/C16H19N3O5/c1-24-14-5-4-12(10-13(14)19(22)23)16(21)18-8-6-17(7-9-18)15(20)11-2-3-11/h4-5,10-11H,2-3,6-9H2,1H3. The number of nitro groups is 1. The van der Waals surface area contributed by atoms with Crippen molar-refractivity contribution in [1.82, 2.24) is 9.80 Å². The molecule has 0 bridgehead atoms. The molecule has 0 N–H and O–H groups in total. The SMILES string of the molecule is COc1ccc(C(=O)N2CCN(C(=O)C3CC3)CC2)cc1[N+](=O)[O-]. The lowest BCUT2D eigenvalue weighted by Crippen LogP contribution is -2.51. The van der Waals surface area contributed by atoms with Gasteiger partial charge >= 0.3 is 5.69 Å². The molecule has 24 heavy (non-hydrogen) atoms. The van der Waals surface area contributed by atoms with Gasteiger partial charge in [-0.25, -0.2) is 0 Å². The lowest BCUT2D eigenvalue weighted by atomic mass is 10.1. The summed E-state index contributed by atoms with van der Waals surface area (Å²) in [5.41, 5.74) is 0.0235. The molecule has 0 atom stereocenters. The van der Waals surface area contributed by atoms with Gasteiger partial charge in [-0.1, -0.05) is 0 Å². The van der Waals surface area contributed by atoms with Gasteiger partial charge in [0.1, 0.15) is 0 Å². The van der Waals surface area contributed by atoms with Crippen LogP contribution in [-0.4, -0.2) is 59.8 Å². The maximum absolute atomic E-state index is 12.6. The summed E-state index contributed by atoms with van der Waals surface area (Å²) in [5.74, 6) is 0.217. The summed E-state index contributed by atoms with van der Waals surface area (Å²) in [6.07, 6.45) is 1.93. The Hall–Kier alpha value is -2.64. The Kier molecular flexibility index (Phi) is 4.37. The number of carbonyl (C=O) groups is 2. The largest absolute Gasteiger partial charge is 0.490 e. The monoisotopic (exact) mass is 333 g/mol. The molecule has 2 amide bonds. The molecule has 128 valence electrons. The third-order valence-corrected chi connectivity index (χ3v) is 4.43. The maximum Gasteiger partial charge on any atom is 0.311 e. The molecule has 0 aromatic heterocycles. The van der Waals surface area contributed by atoms with E-state index < -0.39 is 4.92 Å². The number of rotatable bonds is 4. The van der Waals surface area contributed by atoms with E-state index in [-0.39, 0.29) is 34.7 Å². The molecule has 8 heteroatoms. The van der Waals surface area contributed by atoms with Crippen molar-refractivity contribution < 1.29 is 19.2 Å². The van der Waals surface area contributed by atoms with Crippen LogP contribution in [0.4, 0.5) is 5.69 Å². The molecule has 2 aliphatic rings. The number of methoxy groups -OCH3 is 1. The zero-order valence-electron chi connectivity index (χ0n) is 13.4. The molecular weight excluding hydrogens is 314 g/mol. The number of nitrogens with zero attached hydrogens (tertiary/aromatic N) is 3. The lowest BCUT2D eigenvalue weighted by Gasteiger charge is -2.35. The third kappa shape index (κ3) is 3.17. The first-order valence-corrected chi connectivity index (χ1v) is 7.91. The smallest absolute Gasteiger partial charge is 0.311 e. The number of benzene rings is 1. The summed E-state index contributed by atoms with van der Waals surface area (Å²) in [6.45, 7) is 1.91. The lowest BCUT2D eigenvalue weighted by molar-refractivity contribution is -0.385. The summed E-state index contributed by atoms with van der Waals surface area (Å²) in [6, 6.07) is 4.19. The van der Waals surface area contributed by atoms with Crippen molar-refractivity contribution in [1.29, 1.82) is 0 Å². The Morgan fingerprint density at radius 2 is 1.79 bits per heavy atom. The predicted molar refractivity (Wildman–Crippen MR) is 84.9 cm³/mol. The van der Waals surface area contributed by atoms with E-state index in [9.17, 15) is 19.7 Å². The van der Waals surface area contributed by atoms with Gasteiger partial charge in [0.15, 0.2) is 5.75 Å². The highest BCUT2D eigenvalue weighted by molar-refractivity contribution is 5.95. The van der Waals surface area contributed by atoms with Gasteiger partial charge in [0, 0.05) is 43.7 Å². The maximum atomic E-state index is 12.6. The van der Waals surface area contributed by atoms with Crippen LogP contribution in [-0.2, 0) is 4.79 Å². The Morgan fingerprint density at radius 3 is 2.33 bits per heavy atom. The van der Waals surface area contributed by atoms with Gasteiger partial charge in [0.2, 0.25) is 5.91 Å². The van der Waals surface area contributed by atoms with Crippen LogP contribution in [0.2, 0.25) is 0 Å². The van der Waals surface area contributed by atoms with Gasteiger partial charge in [0.05, 0.1) is 12.0 Å². The van der Waals surface area contributed by atoms with E-state index >= 15 is 0 Å². The van der Waals surface area contributed by atoms with Crippen LogP contribution >= 0.6 is 0 Å². The van der Waals surface area contributed by atoms with Crippen LogP contribution in [0.1, 0.15) is 23.2 Å². The van der Waals surface area contributed by atoms with E-state index in [2.05, 4.69) is 0 Å². The third-order valence-electron chi connectivity index (χ3n) is 4.43. The highest BCUT2D eigenvalue weighted by Crippen LogP contribution is 2.31. The van der Waals surface area contributed by atoms with E-state index in [0.29, 0.717) is 26.2 Å². The van der Waals surface area contributed by atoms with Gasteiger partial charge in [-0.3, -0.25) is 19.7 Å². The van der Waals surface area contributed by atoms with Gasteiger partial charge < -0.3 is 14.5 Å². The van der Waals surface area contributed by atoms with E-state index in [1.165, 1.54) is 25.3 Å². The Morgan fingerprint density at radius 1 is 1.17 bits per heavy atom. The zero-order chi connectivity index (χ0) is 17.3. The fraction of sp³-hybridized carbons (Fsp3) is 0.500. The molecule has 8 nitrogen and oxygen atoms in total. The first kappa shape index (κ1) is 16.2. The topological polar surface area (TPSA) is 93.0 Å². The second kappa shape index (κ2) is 6.46. The van der Waals surface area contributed by atoms with Crippen LogP contribution in [0.3, 0.4) is 0 Å². The van der Waals surface area contributed by atoms with Crippen molar-refractivity contribution >= 4 is 17.5 Å². The first-order chi connectivity index (χ1) is 11.5. The molecule has 1 aromatic rings. The molecule has 3 rings (SSSR count).